The predicted molar refractivity (Wildman–Crippen MR) is 95.7 cm³/mol. The molecule has 24 heavy (non-hydrogen) atoms. The monoisotopic (exact) mass is 322 g/mol. The summed E-state index contributed by atoms with van der Waals surface area (Å²) >= 11 is 0. The van der Waals surface area contributed by atoms with Gasteiger partial charge in [0, 0.05) is 18.0 Å². The molecule has 0 unspecified atom stereocenters. The molecule has 1 aromatic carbocycles. The lowest BCUT2D eigenvalue weighted by molar-refractivity contribution is 0.414. The average Bonchev–Trinajstić information content (AvgIpc) is 3.04. The number of nitrogens with two attached hydrogens (primary N) is 1. The summed E-state index contributed by atoms with van der Waals surface area (Å²) in [4.78, 5) is 8.77. The van der Waals surface area contributed by atoms with Gasteiger partial charge in [-0.05, 0) is 36.5 Å². The first-order chi connectivity index (χ1) is 11.8. The van der Waals surface area contributed by atoms with Gasteiger partial charge in [0.05, 0.1) is 12.6 Å². The highest BCUT2D eigenvalue weighted by Gasteiger charge is 2.23. The number of nitrogens with zero attached hydrogens (tertiary/aromatic N) is 3. The predicted octanol–water partition coefficient (Wildman–Crippen LogP) is 4.06. The normalized spacial score (nSPS) is 15.7. The molecule has 0 spiro atoms. The molecule has 1 saturated carbocycles. The number of fused-ring (bicyclic) bond motifs is 1. The first kappa shape index (κ1) is 15.0. The van der Waals surface area contributed by atoms with Crippen molar-refractivity contribution in [1.29, 1.82) is 0 Å². The van der Waals surface area contributed by atoms with Crippen LogP contribution in [0.5, 0.6) is 5.75 Å². The van der Waals surface area contributed by atoms with Gasteiger partial charge in [-0.25, -0.2) is 9.97 Å². The van der Waals surface area contributed by atoms with Crippen molar-refractivity contribution in [2.75, 3.05) is 12.8 Å². The number of ether oxygens (including phenoxy) is 1. The van der Waals surface area contributed by atoms with Crippen molar-refractivity contribution in [2.24, 2.45) is 0 Å². The van der Waals surface area contributed by atoms with E-state index in [1.165, 1.54) is 37.7 Å². The van der Waals surface area contributed by atoms with Gasteiger partial charge >= 0.3 is 0 Å². The Morgan fingerprint density at radius 1 is 1.17 bits per heavy atom. The second-order valence-corrected chi connectivity index (χ2v) is 6.45. The number of hydrogen-bond donors (Lipinski definition) is 1. The van der Waals surface area contributed by atoms with Gasteiger partial charge < -0.3 is 15.0 Å². The van der Waals surface area contributed by atoms with Crippen LogP contribution >= 0.6 is 0 Å². The summed E-state index contributed by atoms with van der Waals surface area (Å²) in [5, 5.41) is 0. The summed E-state index contributed by atoms with van der Waals surface area (Å²) in [5.74, 6) is 1.90. The summed E-state index contributed by atoms with van der Waals surface area (Å²) in [6.45, 7) is 0. The van der Waals surface area contributed by atoms with Crippen LogP contribution in [0.2, 0.25) is 0 Å². The van der Waals surface area contributed by atoms with E-state index < -0.39 is 0 Å². The highest BCUT2D eigenvalue weighted by molar-refractivity contribution is 5.90. The second-order valence-electron chi connectivity index (χ2n) is 6.45. The number of methoxy groups -OCH3 is 1. The summed E-state index contributed by atoms with van der Waals surface area (Å²) in [6, 6.07) is 7.99. The zero-order valence-electron chi connectivity index (χ0n) is 13.9. The van der Waals surface area contributed by atoms with Crippen LogP contribution in [-0.2, 0) is 0 Å². The van der Waals surface area contributed by atoms with E-state index in [9.17, 15) is 0 Å². The van der Waals surface area contributed by atoms with Crippen molar-refractivity contribution in [3.63, 3.8) is 0 Å². The molecule has 124 valence electrons. The molecule has 0 radical (unpaired) electrons. The third kappa shape index (κ3) is 2.50. The first-order valence-electron chi connectivity index (χ1n) is 8.54. The van der Waals surface area contributed by atoms with Gasteiger partial charge in [0.15, 0.2) is 5.82 Å². The fourth-order valence-electron chi connectivity index (χ4n) is 3.78. The van der Waals surface area contributed by atoms with Crippen molar-refractivity contribution in [1.82, 2.24) is 14.5 Å². The van der Waals surface area contributed by atoms with Crippen LogP contribution in [0.25, 0.3) is 16.7 Å². The van der Waals surface area contributed by atoms with Crippen LogP contribution < -0.4 is 10.5 Å². The number of rotatable bonds is 3. The Morgan fingerprint density at radius 2 is 2.00 bits per heavy atom. The van der Waals surface area contributed by atoms with Gasteiger partial charge in [-0.1, -0.05) is 25.3 Å². The van der Waals surface area contributed by atoms with E-state index in [0.29, 0.717) is 11.7 Å². The zero-order valence-corrected chi connectivity index (χ0v) is 13.9. The number of nitrogen functional groups attached to an aromatic ring is 1. The summed E-state index contributed by atoms with van der Waals surface area (Å²) in [6.07, 6.45) is 10.1. The first-order valence-corrected chi connectivity index (χ1v) is 8.54. The third-order valence-electron chi connectivity index (χ3n) is 5.01. The minimum absolute atomic E-state index is 0.518. The number of anilines is 1. The molecule has 1 aliphatic carbocycles. The van der Waals surface area contributed by atoms with Crippen molar-refractivity contribution in [2.45, 2.75) is 38.0 Å². The molecule has 3 aromatic rings. The Hall–Kier alpha value is -2.56. The fourth-order valence-corrected chi connectivity index (χ4v) is 3.78. The quantitative estimate of drug-likeness (QED) is 0.789. The molecular weight excluding hydrogens is 300 g/mol. The van der Waals surface area contributed by atoms with E-state index in [2.05, 4.69) is 26.8 Å². The second kappa shape index (κ2) is 6.15. The Kier molecular flexibility index (Phi) is 3.84. The molecule has 0 amide bonds. The van der Waals surface area contributed by atoms with Gasteiger partial charge in [0.1, 0.15) is 17.6 Å². The smallest absolute Gasteiger partial charge is 0.151 e. The van der Waals surface area contributed by atoms with Crippen LogP contribution in [0.4, 0.5) is 5.82 Å². The molecule has 1 aliphatic rings. The van der Waals surface area contributed by atoms with Gasteiger partial charge in [0.2, 0.25) is 0 Å². The zero-order chi connectivity index (χ0) is 16.5. The van der Waals surface area contributed by atoms with E-state index in [-0.39, 0.29) is 0 Å². The molecule has 5 heteroatoms. The molecule has 2 N–H and O–H groups in total. The summed E-state index contributed by atoms with van der Waals surface area (Å²) in [5.41, 5.74) is 10.4. The topological polar surface area (TPSA) is 66.0 Å². The number of aromatic nitrogens is 3. The third-order valence-corrected chi connectivity index (χ3v) is 5.01. The Bertz CT molecular complexity index is 865. The molecule has 2 aromatic heterocycles. The lowest BCUT2D eigenvalue weighted by Crippen LogP contribution is -2.04. The molecule has 0 saturated heterocycles. The van der Waals surface area contributed by atoms with Crippen LogP contribution in [0.3, 0.4) is 0 Å². The van der Waals surface area contributed by atoms with Crippen molar-refractivity contribution in [3.05, 3.63) is 42.4 Å². The maximum atomic E-state index is 6.20. The molecular formula is C19H22N4O. The van der Waals surface area contributed by atoms with E-state index in [1.807, 2.05) is 18.2 Å². The molecule has 5 nitrogen and oxygen atoms in total. The lowest BCUT2D eigenvalue weighted by Gasteiger charge is -2.20. The highest BCUT2D eigenvalue weighted by Crippen LogP contribution is 2.38. The largest absolute Gasteiger partial charge is 0.497 e. The van der Waals surface area contributed by atoms with Crippen LogP contribution in [0.1, 0.15) is 43.6 Å². The van der Waals surface area contributed by atoms with E-state index >= 15 is 0 Å². The Labute approximate surface area is 141 Å². The van der Waals surface area contributed by atoms with Crippen LogP contribution in [0, 0.1) is 0 Å². The van der Waals surface area contributed by atoms with Crippen molar-refractivity contribution < 1.29 is 4.74 Å². The molecule has 4 rings (SSSR count). The van der Waals surface area contributed by atoms with E-state index in [0.717, 1.165) is 22.5 Å². The Morgan fingerprint density at radius 3 is 2.79 bits per heavy atom. The minimum Gasteiger partial charge on any atom is -0.497 e. The van der Waals surface area contributed by atoms with Crippen LogP contribution in [0.15, 0.2) is 36.8 Å². The van der Waals surface area contributed by atoms with Gasteiger partial charge in [-0.15, -0.1) is 0 Å². The van der Waals surface area contributed by atoms with Crippen molar-refractivity contribution >= 4 is 16.9 Å². The lowest BCUT2D eigenvalue weighted by atomic mass is 9.85. The molecule has 0 atom stereocenters. The highest BCUT2D eigenvalue weighted by atomic mass is 16.5. The van der Waals surface area contributed by atoms with Gasteiger partial charge in [-0.2, -0.15) is 0 Å². The van der Waals surface area contributed by atoms with Crippen LogP contribution in [-0.4, -0.2) is 21.6 Å². The SMILES string of the molecule is COc1cccc(-n2cc(C3CCCCC3)c3ncnc(N)c32)c1. The average molecular weight is 322 g/mol. The molecule has 1 fully saturated rings. The summed E-state index contributed by atoms with van der Waals surface area (Å²) in [7, 11) is 1.68. The minimum atomic E-state index is 0.518. The molecule has 0 bridgehead atoms. The molecule has 0 aliphatic heterocycles. The standard InChI is InChI=1S/C19H22N4O/c1-24-15-9-5-8-14(10-15)23-11-16(13-6-3-2-4-7-13)17-18(23)19(20)22-12-21-17/h5,8-13H,2-4,6-7H2,1H3,(H2,20,21,22). The fraction of sp³-hybridized carbons (Fsp3) is 0.368. The number of hydrogen-bond acceptors (Lipinski definition) is 4. The van der Waals surface area contributed by atoms with Gasteiger partial charge in [-0.3, -0.25) is 0 Å². The molecule has 2 heterocycles. The Balaban J connectivity index is 1.91. The summed E-state index contributed by atoms with van der Waals surface area (Å²) < 4.78 is 7.47. The maximum absolute atomic E-state index is 6.20. The van der Waals surface area contributed by atoms with E-state index in [4.69, 9.17) is 10.5 Å². The van der Waals surface area contributed by atoms with Gasteiger partial charge in [0.25, 0.3) is 0 Å². The van der Waals surface area contributed by atoms with Crippen molar-refractivity contribution in [3.8, 4) is 11.4 Å². The maximum Gasteiger partial charge on any atom is 0.151 e. The van der Waals surface area contributed by atoms with E-state index in [1.54, 1.807) is 13.4 Å². The number of benzene rings is 1.